The minimum absolute atomic E-state index is 0.0828. The predicted octanol–water partition coefficient (Wildman–Crippen LogP) is 4.04. The second kappa shape index (κ2) is 9.77. The first-order valence-corrected chi connectivity index (χ1v) is 10.6. The van der Waals surface area contributed by atoms with Gasteiger partial charge in [0.25, 0.3) is 0 Å². The van der Waals surface area contributed by atoms with E-state index in [4.69, 9.17) is 0 Å². The summed E-state index contributed by atoms with van der Waals surface area (Å²) in [4.78, 5) is 28.9. The number of nitrogens with one attached hydrogen (secondary N) is 1. The standard InChI is InChI=1S/C22H33N3O2/c1-2-3-9-21(26)23-19-10-12-20(13-11-19)24-14-16-25(17-15-24)22(27)18-7-5-4-6-8-18/h10-13,18H,2-9,14-17H2,1H3,(H,23,26). The monoisotopic (exact) mass is 371 g/mol. The lowest BCUT2D eigenvalue weighted by Crippen LogP contribution is -2.50. The number of hydrogen-bond acceptors (Lipinski definition) is 3. The minimum Gasteiger partial charge on any atom is -0.368 e. The molecular formula is C22H33N3O2. The van der Waals surface area contributed by atoms with Crippen LogP contribution in [0.25, 0.3) is 0 Å². The van der Waals surface area contributed by atoms with E-state index in [9.17, 15) is 9.59 Å². The molecule has 0 bridgehead atoms. The van der Waals surface area contributed by atoms with Gasteiger partial charge in [-0.3, -0.25) is 9.59 Å². The van der Waals surface area contributed by atoms with Crippen LogP contribution in [0.15, 0.2) is 24.3 Å². The fraction of sp³-hybridized carbons (Fsp3) is 0.636. The molecule has 2 amide bonds. The van der Waals surface area contributed by atoms with Crippen LogP contribution in [0.4, 0.5) is 11.4 Å². The summed E-state index contributed by atoms with van der Waals surface area (Å²) in [6.07, 6.45) is 8.38. The van der Waals surface area contributed by atoms with Crippen molar-refractivity contribution in [3.8, 4) is 0 Å². The Labute approximate surface area is 163 Å². The SMILES string of the molecule is CCCCC(=O)Nc1ccc(N2CCN(C(=O)C3CCCCC3)CC2)cc1. The van der Waals surface area contributed by atoms with E-state index in [0.29, 0.717) is 12.3 Å². The molecule has 0 atom stereocenters. The Hall–Kier alpha value is -2.04. The molecular weight excluding hydrogens is 338 g/mol. The molecule has 1 saturated carbocycles. The van der Waals surface area contributed by atoms with Crippen molar-refractivity contribution in [2.24, 2.45) is 5.92 Å². The van der Waals surface area contributed by atoms with Crippen molar-refractivity contribution < 1.29 is 9.59 Å². The lowest BCUT2D eigenvalue weighted by atomic mass is 9.88. The number of carbonyl (C=O) groups excluding carboxylic acids is 2. The summed E-state index contributed by atoms with van der Waals surface area (Å²) >= 11 is 0. The smallest absolute Gasteiger partial charge is 0.225 e. The maximum Gasteiger partial charge on any atom is 0.225 e. The Balaban J connectivity index is 1.47. The highest BCUT2D eigenvalue weighted by Crippen LogP contribution is 2.26. The molecule has 0 aromatic heterocycles. The van der Waals surface area contributed by atoms with E-state index < -0.39 is 0 Å². The van der Waals surface area contributed by atoms with Crippen molar-refractivity contribution in [2.45, 2.75) is 58.3 Å². The van der Waals surface area contributed by atoms with Gasteiger partial charge in [-0.2, -0.15) is 0 Å². The Morgan fingerprint density at radius 3 is 2.30 bits per heavy atom. The highest BCUT2D eigenvalue weighted by Gasteiger charge is 2.28. The van der Waals surface area contributed by atoms with Crippen LogP contribution in [0.3, 0.4) is 0 Å². The van der Waals surface area contributed by atoms with Crippen LogP contribution in [-0.4, -0.2) is 42.9 Å². The number of piperazine rings is 1. The van der Waals surface area contributed by atoms with Crippen LogP contribution in [0.2, 0.25) is 0 Å². The molecule has 2 fully saturated rings. The van der Waals surface area contributed by atoms with Crippen LogP contribution in [0.5, 0.6) is 0 Å². The Bertz CT molecular complexity index is 615. The molecule has 1 aliphatic heterocycles. The number of hydrogen-bond donors (Lipinski definition) is 1. The van der Waals surface area contributed by atoms with E-state index in [1.54, 1.807) is 0 Å². The fourth-order valence-electron chi connectivity index (χ4n) is 4.11. The van der Waals surface area contributed by atoms with Crippen molar-refractivity contribution >= 4 is 23.2 Å². The topological polar surface area (TPSA) is 52.7 Å². The number of unbranched alkanes of at least 4 members (excludes halogenated alkanes) is 1. The van der Waals surface area contributed by atoms with Gasteiger partial charge >= 0.3 is 0 Å². The molecule has 5 heteroatoms. The Morgan fingerprint density at radius 2 is 1.67 bits per heavy atom. The number of rotatable bonds is 6. The number of carbonyl (C=O) groups is 2. The van der Waals surface area contributed by atoms with Crippen LogP contribution in [0, 0.1) is 5.92 Å². The van der Waals surface area contributed by atoms with Gasteiger partial charge in [-0.05, 0) is 43.5 Å². The molecule has 1 aromatic carbocycles. The molecule has 3 rings (SSSR count). The average Bonchev–Trinajstić information content (AvgIpc) is 2.73. The van der Waals surface area contributed by atoms with E-state index in [0.717, 1.165) is 63.2 Å². The maximum atomic E-state index is 12.7. The summed E-state index contributed by atoms with van der Waals surface area (Å²) in [6, 6.07) is 8.07. The Kier molecular flexibility index (Phi) is 7.13. The van der Waals surface area contributed by atoms with Crippen LogP contribution < -0.4 is 10.2 Å². The van der Waals surface area contributed by atoms with Crippen LogP contribution in [0.1, 0.15) is 58.3 Å². The first-order chi connectivity index (χ1) is 13.2. The number of nitrogens with zero attached hydrogens (tertiary/aromatic N) is 2. The lowest BCUT2D eigenvalue weighted by Gasteiger charge is -2.38. The highest BCUT2D eigenvalue weighted by atomic mass is 16.2. The van der Waals surface area contributed by atoms with Gasteiger partial charge in [-0.25, -0.2) is 0 Å². The van der Waals surface area contributed by atoms with Gasteiger partial charge in [0, 0.05) is 49.9 Å². The van der Waals surface area contributed by atoms with Crippen molar-refractivity contribution in [1.82, 2.24) is 4.90 Å². The Morgan fingerprint density at radius 1 is 1.00 bits per heavy atom. The molecule has 1 aliphatic carbocycles. The summed E-state index contributed by atoms with van der Waals surface area (Å²) in [5.74, 6) is 0.722. The van der Waals surface area contributed by atoms with E-state index in [2.05, 4.69) is 34.2 Å². The first kappa shape index (κ1) is 19.7. The normalized spacial score (nSPS) is 18.4. The third-order valence-electron chi connectivity index (χ3n) is 5.82. The van der Waals surface area contributed by atoms with Gasteiger partial charge in [-0.15, -0.1) is 0 Å². The fourth-order valence-corrected chi connectivity index (χ4v) is 4.11. The van der Waals surface area contributed by atoms with Gasteiger partial charge in [0.1, 0.15) is 0 Å². The summed E-state index contributed by atoms with van der Waals surface area (Å²) in [7, 11) is 0. The van der Waals surface area contributed by atoms with Crippen LogP contribution >= 0.6 is 0 Å². The summed E-state index contributed by atoms with van der Waals surface area (Å²) in [5.41, 5.74) is 2.01. The van der Waals surface area contributed by atoms with E-state index in [-0.39, 0.29) is 11.8 Å². The third kappa shape index (κ3) is 5.47. The third-order valence-corrected chi connectivity index (χ3v) is 5.82. The predicted molar refractivity (Wildman–Crippen MR) is 110 cm³/mol. The number of benzene rings is 1. The molecule has 1 saturated heterocycles. The average molecular weight is 372 g/mol. The second-order valence-electron chi connectivity index (χ2n) is 7.85. The van der Waals surface area contributed by atoms with Gasteiger partial charge in [0.15, 0.2) is 0 Å². The van der Waals surface area contributed by atoms with Gasteiger partial charge in [0.05, 0.1) is 0 Å². The zero-order valence-corrected chi connectivity index (χ0v) is 16.6. The zero-order valence-electron chi connectivity index (χ0n) is 16.6. The molecule has 0 spiro atoms. The van der Waals surface area contributed by atoms with E-state index >= 15 is 0 Å². The molecule has 2 aliphatic rings. The molecule has 0 radical (unpaired) electrons. The van der Waals surface area contributed by atoms with Gasteiger partial charge in [-0.1, -0.05) is 32.6 Å². The molecule has 1 aromatic rings. The molecule has 5 nitrogen and oxygen atoms in total. The maximum absolute atomic E-state index is 12.7. The van der Waals surface area contributed by atoms with Crippen molar-refractivity contribution in [3.05, 3.63) is 24.3 Å². The summed E-state index contributed by atoms with van der Waals surface area (Å²) < 4.78 is 0. The van der Waals surface area contributed by atoms with Gasteiger partial charge < -0.3 is 15.1 Å². The summed E-state index contributed by atoms with van der Waals surface area (Å²) in [5, 5.41) is 2.95. The summed E-state index contributed by atoms with van der Waals surface area (Å²) in [6.45, 7) is 5.46. The van der Waals surface area contributed by atoms with E-state index in [1.807, 2.05) is 12.1 Å². The molecule has 0 unspecified atom stereocenters. The van der Waals surface area contributed by atoms with E-state index in [1.165, 1.54) is 19.3 Å². The van der Waals surface area contributed by atoms with Crippen molar-refractivity contribution in [1.29, 1.82) is 0 Å². The van der Waals surface area contributed by atoms with Gasteiger partial charge in [0.2, 0.25) is 11.8 Å². The van der Waals surface area contributed by atoms with Crippen molar-refractivity contribution in [3.63, 3.8) is 0 Å². The van der Waals surface area contributed by atoms with Crippen molar-refractivity contribution in [2.75, 3.05) is 36.4 Å². The number of amides is 2. The number of anilines is 2. The second-order valence-corrected chi connectivity index (χ2v) is 7.85. The molecule has 1 N–H and O–H groups in total. The first-order valence-electron chi connectivity index (χ1n) is 10.6. The largest absolute Gasteiger partial charge is 0.368 e. The minimum atomic E-state index is 0.0828. The molecule has 1 heterocycles. The zero-order chi connectivity index (χ0) is 19.1. The highest BCUT2D eigenvalue weighted by molar-refractivity contribution is 5.90. The lowest BCUT2D eigenvalue weighted by molar-refractivity contribution is -0.136. The van der Waals surface area contributed by atoms with Crippen LogP contribution in [-0.2, 0) is 9.59 Å². The molecule has 27 heavy (non-hydrogen) atoms. The quantitative estimate of drug-likeness (QED) is 0.821. The molecule has 148 valence electrons.